The molecule has 0 aromatic rings. The molecule has 2 fully saturated rings. The monoisotopic (exact) mass is 326 g/mol. The molecule has 0 radical (unpaired) electrons. The first-order valence-corrected chi connectivity index (χ1v) is 6.54. The molecule has 2 aliphatic carbocycles. The minimum absolute atomic E-state index is 0.133. The highest BCUT2D eigenvalue weighted by Gasteiger charge is 2.70. The van der Waals surface area contributed by atoms with E-state index in [1.807, 2.05) is 0 Å². The molecular weight excluding hydrogens is 312 g/mol. The second-order valence-corrected chi connectivity index (χ2v) is 5.95. The Labute approximate surface area is 115 Å². The fraction of sp³-hybridized carbons (Fsp3) is 1.00. The van der Waals surface area contributed by atoms with Crippen LogP contribution in [0.1, 0.15) is 32.1 Å². The van der Waals surface area contributed by atoms with Crippen molar-refractivity contribution < 1.29 is 40.2 Å². The lowest BCUT2D eigenvalue weighted by atomic mass is 9.79. The molecule has 124 valence electrons. The highest BCUT2D eigenvalue weighted by Crippen LogP contribution is 2.59. The van der Waals surface area contributed by atoms with E-state index in [0.29, 0.717) is 6.42 Å². The summed E-state index contributed by atoms with van der Waals surface area (Å²) in [7, 11) is 0. The molecule has 0 amide bonds. The lowest BCUT2D eigenvalue weighted by Crippen LogP contribution is -2.57. The molecule has 0 aromatic heterocycles. The van der Waals surface area contributed by atoms with Gasteiger partial charge in [-0.05, 0) is 38.0 Å². The number of aliphatic hydroxyl groups is 1. The summed E-state index contributed by atoms with van der Waals surface area (Å²) in [4.78, 5) is 0. The Balaban J connectivity index is 2.14. The second-order valence-electron chi connectivity index (χ2n) is 5.95. The molecular formula is C12H14F8O. The zero-order valence-corrected chi connectivity index (χ0v) is 10.7. The molecule has 3 atom stereocenters. The summed E-state index contributed by atoms with van der Waals surface area (Å²) in [6.07, 6.45) is -13.9. The number of rotatable bonds is 3. The van der Waals surface area contributed by atoms with Gasteiger partial charge in [-0.2, -0.15) is 26.3 Å². The lowest BCUT2D eigenvalue weighted by Gasteiger charge is -2.36. The van der Waals surface area contributed by atoms with Gasteiger partial charge in [0, 0.05) is 11.8 Å². The van der Waals surface area contributed by atoms with Crippen LogP contribution < -0.4 is 0 Å². The van der Waals surface area contributed by atoms with Crippen molar-refractivity contribution in [3.05, 3.63) is 0 Å². The smallest absolute Gasteiger partial charge is 0.374 e. The summed E-state index contributed by atoms with van der Waals surface area (Å²) in [6, 6.07) is 0. The molecule has 0 saturated heterocycles. The third-order valence-corrected chi connectivity index (χ3v) is 4.84. The van der Waals surface area contributed by atoms with Gasteiger partial charge in [0.25, 0.3) is 11.5 Å². The first-order chi connectivity index (χ1) is 9.31. The Bertz CT molecular complexity index is 385. The van der Waals surface area contributed by atoms with Crippen LogP contribution in [0.2, 0.25) is 0 Å². The highest BCUT2D eigenvalue weighted by atomic mass is 19.4. The van der Waals surface area contributed by atoms with Crippen LogP contribution in [0.4, 0.5) is 35.1 Å². The molecule has 0 aliphatic heterocycles. The van der Waals surface area contributed by atoms with Gasteiger partial charge in [0.05, 0.1) is 0 Å². The standard InChI is InChI=1S/C12H14F8O/c13-10(14)7-2-1-6(5-7)8(10)3-4-9(21,11(15,16)17)12(18,19)20/h6-8,21H,1-5H2. The van der Waals surface area contributed by atoms with Gasteiger partial charge in [0.15, 0.2) is 0 Å². The van der Waals surface area contributed by atoms with E-state index >= 15 is 0 Å². The molecule has 2 bridgehead atoms. The van der Waals surface area contributed by atoms with Crippen molar-refractivity contribution in [1.82, 2.24) is 0 Å². The van der Waals surface area contributed by atoms with Crippen molar-refractivity contribution in [1.29, 1.82) is 0 Å². The average molecular weight is 326 g/mol. The number of alkyl halides is 8. The molecule has 2 rings (SSSR count). The van der Waals surface area contributed by atoms with Crippen molar-refractivity contribution in [3.63, 3.8) is 0 Å². The molecule has 1 N–H and O–H groups in total. The number of fused-ring (bicyclic) bond motifs is 2. The number of halogens is 8. The summed E-state index contributed by atoms with van der Waals surface area (Å²) >= 11 is 0. The quantitative estimate of drug-likeness (QED) is 0.767. The van der Waals surface area contributed by atoms with E-state index in [9.17, 15) is 35.1 Å². The third kappa shape index (κ3) is 2.51. The molecule has 9 heteroatoms. The van der Waals surface area contributed by atoms with E-state index in [1.54, 1.807) is 0 Å². The van der Waals surface area contributed by atoms with E-state index in [-0.39, 0.29) is 12.8 Å². The summed E-state index contributed by atoms with van der Waals surface area (Å²) in [6.45, 7) is 0. The number of hydrogen-bond acceptors (Lipinski definition) is 1. The molecule has 2 saturated carbocycles. The van der Waals surface area contributed by atoms with Crippen LogP contribution in [-0.2, 0) is 0 Å². The van der Waals surface area contributed by atoms with Crippen LogP contribution >= 0.6 is 0 Å². The molecule has 1 nitrogen and oxygen atoms in total. The van der Waals surface area contributed by atoms with Gasteiger partial charge in [-0.1, -0.05) is 0 Å². The second kappa shape index (κ2) is 4.70. The molecule has 0 spiro atoms. The maximum Gasteiger partial charge on any atom is 0.426 e. The Morgan fingerprint density at radius 3 is 1.86 bits per heavy atom. The Morgan fingerprint density at radius 1 is 0.952 bits per heavy atom. The maximum absolute atomic E-state index is 13.8. The summed E-state index contributed by atoms with van der Waals surface area (Å²) < 4.78 is 103. The minimum atomic E-state index is -5.95. The van der Waals surface area contributed by atoms with Gasteiger partial charge in [-0.25, -0.2) is 8.78 Å². The normalized spacial score (nSPS) is 32.7. The van der Waals surface area contributed by atoms with Gasteiger partial charge in [-0.15, -0.1) is 0 Å². The fourth-order valence-electron chi connectivity index (χ4n) is 3.59. The van der Waals surface area contributed by atoms with Gasteiger partial charge in [0.2, 0.25) is 0 Å². The van der Waals surface area contributed by atoms with Gasteiger partial charge in [0.1, 0.15) is 0 Å². The van der Waals surface area contributed by atoms with Crippen LogP contribution in [-0.4, -0.2) is 29.0 Å². The fourth-order valence-corrected chi connectivity index (χ4v) is 3.59. The number of hydrogen-bond donors (Lipinski definition) is 1. The third-order valence-electron chi connectivity index (χ3n) is 4.84. The SMILES string of the molecule is OC(CCC1C2CCC(C2)C1(F)F)(C(F)(F)F)C(F)(F)F. The predicted molar refractivity (Wildman–Crippen MR) is 55.6 cm³/mol. The topological polar surface area (TPSA) is 20.2 Å². The molecule has 0 aromatic carbocycles. The van der Waals surface area contributed by atoms with E-state index in [0.717, 1.165) is 0 Å². The van der Waals surface area contributed by atoms with Crippen LogP contribution in [0.25, 0.3) is 0 Å². The first kappa shape index (κ1) is 16.8. The highest BCUT2D eigenvalue weighted by molar-refractivity contribution is 5.03. The van der Waals surface area contributed by atoms with Gasteiger partial charge >= 0.3 is 12.4 Å². The zero-order chi connectivity index (χ0) is 16.3. The summed E-state index contributed by atoms with van der Waals surface area (Å²) in [5.74, 6) is -6.29. The van der Waals surface area contributed by atoms with Crippen LogP contribution in [0.15, 0.2) is 0 Å². The molecule has 2 aliphatic rings. The Hall–Kier alpha value is -0.600. The van der Waals surface area contributed by atoms with E-state index in [1.165, 1.54) is 0 Å². The van der Waals surface area contributed by atoms with Crippen molar-refractivity contribution in [2.24, 2.45) is 17.8 Å². The molecule has 21 heavy (non-hydrogen) atoms. The van der Waals surface area contributed by atoms with Crippen LogP contribution in [0.3, 0.4) is 0 Å². The predicted octanol–water partition coefficient (Wildman–Crippen LogP) is 4.30. The average Bonchev–Trinajstić information content (AvgIpc) is 2.82. The Kier molecular flexibility index (Phi) is 3.75. The molecule has 0 heterocycles. The van der Waals surface area contributed by atoms with Crippen molar-refractivity contribution >= 4 is 0 Å². The first-order valence-electron chi connectivity index (χ1n) is 6.54. The maximum atomic E-state index is 13.8. The van der Waals surface area contributed by atoms with E-state index in [2.05, 4.69) is 0 Å². The Morgan fingerprint density at radius 2 is 1.48 bits per heavy atom. The van der Waals surface area contributed by atoms with Gasteiger partial charge < -0.3 is 5.11 Å². The van der Waals surface area contributed by atoms with E-state index < -0.39 is 54.5 Å². The summed E-state index contributed by atoms with van der Waals surface area (Å²) in [5, 5.41) is 8.99. The van der Waals surface area contributed by atoms with E-state index in [4.69, 9.17) is 5.11 Å². The minimum Gasteiger partial charge on any atom is -0.374 e. The van der Waals surface area contributed by atoms with Crippen molar-refractivity contribution in [2.75, 3.05) is 0 Å². The van der Waals surface area contributed by atoms with Crippen molar-refractivity contribution in [2.45, 2.75) is 56.0 Å². The van der Waals surface area contributed by atoms with Crippen LogP contribution in [0, 0.1) is 17.8 Å². The molecule has 3 unspecified atom stereocenters. The van der Waals surface area contributed by atoms with Crippen LogP contribution in [0.5, 0.6) is 0 Å². The zero-order valence-electron chi connectivity index (χ0n) is 10.7. The van der Waals surface area contributed by atoms with Gasteiger partial charge in [-0.3, -0.25) is 0 Å². The largest absolute Gasteiger partial charge is 0.426 e. The van der Waals surface area contributed by atoms with Crippen molar-refractivity contribution in [3.8, 4) is 0 Å². The lowest BCUT2D eigenvalue weighted by molar-refractivity contribution is -0.371. The summed E-state index contributed by atoms with van der Waals surface area (Å²) in [5.41, 5.74) is -4.93.